The van der Waals surface area contributed by atoms with E-state index in [0.29, 0.717) is 0 Å². The number of nitrogens with two attached hydrogens (primary N) is 3. The summed E-state index contributed by atoms with van der Waals surface area (Å²) in [5.41, 5.74) is 16.6. The van der Waals surface area contributed by atoms with Crippen LogP contribution >= 0.6 is 0 Å². The van der Waals surface area contributed by atoms with E-state index in [0.717, 1.165) is 30.8 Å². The molecule has 16 heteroatoms. The van der Waals surface area contributed by atoms with Crippen LogP contribution in [-0.4, -0.2) is 95.5 Å². The number of H-pyrrole nitrogens is 2. The molecule has 3 atom stereocenters. The van der Waals surface area contributed by atoms with E-state index in [1.54, 1.807) is 12.4 Å². The number of carbonyl (C=O) groups is 4. The van der Waals surface area contributed by atoms with Gasteiger partial charge in [0, 0.05) is 36.6 Å². The van der Waals surface area contributed by atoms with Crippen molar-refractivity contribution in [2.24, 2.45) is 17.2 Å². The minimum Gasteiger partial charge on any atom is -0.480 e. The second-order valence-corrected chi connectivity index (χ2v) is 7.04. The number of aromatic nitrogens is 4. The number of carboxylic acid groups (broad SMARTS) is 4. The average molecular weight is 501 g/mol. The molecular formula is C19H32N8O8. The number of carboxylic acids is 4. The zero-order valence-corrected chi connectivity index (χ0v) is 18.8. The van der Waals surface area contributed by atoms with Crippen LogP contribution in [0.4, 0.5) is 0 Å². The van der Waals surface area contributed by atoms with Gasteiger partial charge in [0.15, 0.2) is 0 Å². The van der Waals surface area contributed by atoms with Crippen molar-refractivity contribution < 1.29 is 39.6 Å². The molecule has 2 aromatic rings. The van der Waals surface area contributed by atoms with Crippen LogP contribution in [-0.2, 0) is 32.0 Å². The minimum atomic E-state index is -1.00. The summed E-state index contributed by atoms with van der Waals surface area (Å²) in [6.45, 7) is 0.580. The Kier molecular flexibility index (Phi) is 15.7. The van der Waals surface area contributed by atoms with Gasteiger partial charge in [-0.05, 0) is 19.4 Å². The highest BCUT2D eigenvalue weighted by Gasteiger charge is 2.20. The number of hydrogen-bond donors (Lipinski definition) is 10. The Morgan fingerprint density at radius 2 is 1.34 bits per heavy atom. The van der Waals surface area contributed by atoms with E-state index in [4.69, 9.17) is 31.9 Å². The molecule has 0 amide bonds. The van der Waals surface area contributed by atoms with Gasteiger partial charge >= 0.3 is 23.9 Å². The Hall–Kier alpha value is -3.86. The van der Waals surface area contributed by atoms with Crippen LogP contribution in [0.5, 0.6) is 0 Å². The molecule has 0 bridgehead atoms. The van der Waals surface area contributed by atoms with Crippen molar-refractivity contribution in [1.29, 1.82) is 0 Å². The summed E-state index contributed by atoms with van der Waals surface area (Å²) in [4.78, 5) is 52.9. The van der Waals surface area contributed by atoms with E-state index < -0.39 is 36.0 Å². The predicted octanol–water partition coefficient (Wildman–Crippen LogP) is -2.42. The molecule has 0 saturated carbocycles. The van der Waals surface area contributed by atoms with Gasteiger partial charge in [0.2, 0.25) is 0 Å². The van der Waals surface area contributed by atoms with Gasteiger partial charge in [-0.3, -0.25) is 19.2 Å². The maximum atomic E-state index is 10.3. The molecule has 3 rings (SSSR count). The molecule has 1 aliphatic rings. The molecular weight excluding hydrogens is 468 g/mol. The smallest absolute Gasteiger partial charge is 0.320 e. The fourth-order valence-electron chi connectivity index (χ4n) is 2.34. The second kappa shape index (κ2) is 17.6. The predicted molar refractivity (Wildman–Crippen MR) is 121 cm³/mol. The Morgan fingerprint density at radius 3 is 1.54 bits per heavy atom. The molecule has 0 radical (unpaired) electrons. The van der Waals surface area contributed by atoms with Crippen LogP contribution in [0.2, 0.25) is 0 Å². The van der Waals surface area contributed by atoms with E-state index >= 15 is 0 Å². The topological polar surface area (TPSA) is 297 Å². The Morgan fingerprint density at radius 1 is 0.914 bits per heavy atom. The standard InChI is InChI=1S/2C6H9N3O2.C5H9NO2.C2H5NO2/c2*7-5(6(10)11)1-4-2-8-3-9-4;7-5(8)4-2-1-3-6-4;3-1-2(4)5/h2*2-3,5H,1,7H2,(H,8,9)(H,10,11);4,6H,1-3H2,(H,7,8);1,3H2,(H,4,5)/t2*5-;4-;/m000./s1. The molecule has 0 aliphatic carbocycles. The first-order valence-corrected chi connectivity index (χ1v) is 10.3. The normalized spacial score (nSPS) is 15.6. The Balaban J connectivity index is 0.000000458. The lowest BCUT2D eigenvalue weighted by molar-refractivity contribution is -0.139. The van der Waals surface area contributed by atoms with Crippen LogP contribution in [0.25, 0.3) is 0 Å². The van der Waals surface area contributed by atoms with E-state index in [-0.39, 0.29) is 25.4 Å². The van der Waals surface area contributed by atoms with Gasteiger partial charge in [0.1, 0.15) is 18.1 Å². The van der Waals surface area contributed by atoms with Crippen molar-refractivity contribution >= 4 is 23.9 Å². The molecule has 196 valence electrons. The number of imidazole rings is 2. The molecule has 0 aromatic carbocycles. The van der Waals surface area contributed by atoms with Gasteiger partial charge in [-0.1, -0.05) is 0 Å². The lowest BCUT2D eigenvalue weighted by Gasteiger charge is -2.02. The number of hydrogen-bond acceptors (Lipinski definition) is 10. The average Bonchev–Trinajstić information content (AvgIpc) is 3.58. The van der Waals surface area contributed by atoms with Crippen molar-refractivity contribution in [1.82, 2.24) is 25.3 Å². The summed E-state index contributed by atoms with van der Waals surface area (Å²) < 4.78 is 0. The molecule has 0 spiro atoms. The summed E-state index contributed by atoms with van der Waals surface area (Å²) in [5, 5.41) is 35.6. The van der Waals surface area contributed by atoms with Gasteiger partial charge in [0.05, 0.1) is 19.2 Å². The van der Waals surface area contributed by atoms with Crippen molar-refractivity contribution in [3.63, 3.8) is 0 Å². The molecule has 2 aromatic heterocycles. The summed E-state index contributed by atoms with van der Waals surface area (Å²) >= 11 is 0. The largest absolute Gasteiger partial charge is 0.480 e. The maximum Gasteiger partial charge on any atom is 0.320 e. The number of nitrogens with zero attached hydrogens (tertiary/aromatic N) is 2. The maximum absolute atomic E-state index is 10.3. The Bertz CT molecular complexity index is 817. The highest BCUT2D eigenvalue weighted by Crippen LogP contribution is 2.03. The zero-order chi connectivity index (χ0) is 26.8. The van der Waals surface area contributed by atoms with Crippen LogP contribution in [0.3, 0.4) is 0 Å². The monoisotopic (exact) mass is 500 g/mol. The van der Waals surface area contributed by atoms with Crippen molar-refractivity contribution in [2.75, 3.05) is 13.1 Å². The van der Waals surface area contributed by atoms with Crippen molar-refractivity contribution in [2.45, 2.75) is 43.8 Å². The first kappa shape index (κ1) is 31.1. The van der Waals surface area contributed by atoms with Gasteiger partial charge in [0.25, 0.3) is 0 Å². The number of aromatic amines is 2. The molecule has 16 nitrogen and oxygen atoms in total. The number of rotatable bonds is 8. The minimum absolute atomic E-state index is 0.269. The third kappa shape index (κ3) is 15.6. The van der Waals surface area contributed by atoms with Gasteiger partial charge < -0.3 is 52.9 Å². The third-order valence-electron chi connectivity index (χ3n) is 4.16. The molecule has 13 N–H and O–H groups in total. The van der Waals surface area contributed by atoms with Crippen LogP contribution in [0, 0.1) is 0 Å². The molecule has 1 saturated heterocycles. The summed E-state index contributed by atoms with van der Waals surface area (Å²) in [7, 11) is 0. The van der Waals surface area contributed by atoms with Crippen LogP contribution < -0.4 is 22.5 Å². The van der Waals surface area contributed by atoms with Gasteiger partial charge in [-0.25, -0.2) is 9.97 Å². The quantitative estimate of drug-likeness (QED) is 0.180. The third-order valence-corrected chi connectivity index (χ3v) is 4.16. The zero-order valence-electron chi connectivity index (χ0n) is 18.8. The Labute approximate surface area is 199 Å². The molecule has 1 aliphatic heterocycles. The van der Waals surface area contributed by atoms with Crippen LogP contribution in [0.1, 0.15) is 24.2 Å². The highest BCUT2D eigenvalue weighted by atomic mass is 16.4. The van der Waals surface area contributed by atoms with E-state index in [9.17, 15) is 19.2 Å². The molecule has 3 heterocycles. The van der Waals surface area contributed by atoms with E-state index in [2.05, 4.69) is 31.0 Å². The molecule has 0 unspecified atom stereocenters. The van der Waals surface area contributed by atoms with E-state index in [1.807, 2.05) is 0 Å². The summed E-state index contributed by atoms with van der Waals surface area (Å²) in [6.07, 6.45) is 8.45. The van der Waals surface area contributed by atoms with Gasteiger partial charge in [-0.15, -0.1) is 0 Å². The van der Waals surface area contributed by atoms with Crippen molar-refractivity contribution in [3.8, 4) is 0 Å². The number of nitrogens with one attached hydrogen (secondary N) is 3. The fourth-order valence-corrected chi connectivity index (χ4v) is 2.34. The van der Waals surface area contributed by atoms with Crippen LogP contribution in [0.15, 0.2) is 25.0 Å². The molecule has 35 heavy (non-hydrogen) atoms. The van der Waals surface area contributed by atoms with E-state index in [1.165, 1.54) is 12.7 Å². The second-order valence-electron chi connectivity index (χ2n) is 7.04. The number of aliphatic carboxylic acids is 4. The first-order valence-electron chi connectivity index (χ1n) is 10.3. The van der Waals surface area contributed by atoms with Gasteiger partial charge in [-0.2, -0.15) is 0 Å². The lowest BCUT2D eigenvalue weighted by atomic mass is 10.2. The molecule has 1 fully saturated rings. The highest BCUT2D eigenvalue weighted by molar-refractivity contribution is 5.74. The summed E-state index contributed by atoms with van der Waals surface area (Å²) in [6, 6.07) is -1.97. The fraction of sp³-hybridized carbons (Fsp3) is 0.474. The SMILES string of the molecule is NCC(=O)O.N[C@@H](Cc1cnc[nH]1)C(=O)O.N[C@@H](Cc1cnc[nH]1)C(=O)O.O=C(O)[C@@H]1CCCN1. The summed E-state index contributed by atoms with van der Waals surface area (Å²) in [5.74, 6) is -3.69. The lowest BCUT2D eigenvalue weighted by Crippen LogP contribution is -2.32. The first-order chi connectivity index (χ1) is 16.5. The van der Waals surface area contributed by atoms with Crippen molar-refractivity contribution in [3.05, 3.63) is 36.4 Å².